The number of hydrogen-bond donors (Lipinski definition) is 0. The van der Waals surface area contributed by atoms with Gasteiger partial charge in [0, 0.05) is 16.1 Å². The maximum absolute atomic E-state index is 13.5. The van der Waals surface area contributed by atoms with Crippen LogP contribution in [0.25, 0.3) is 0 Å². The Bertz CT molecular complexity index is 1270. The number of aromatic nitrogens is 2. The summed E-state index contributed by atoms with van der Waals surface area (Å²) >= 11 is 12.0. The molecule has 3 rings (SSSR count). The van der Waals surface area contributed by atoms with E-state index < -0.39 is 26.6 Å². The van der Waals surface area contributed by atoms with Gasteiger partial charge >= 0.3 is 5.69 Å². The topological polar surface area (TPSA) is 87.4 Å². The fourth-order valence-corrected chi connectivity index (χ4v) is 5.68. The second-order valence-electron chi connectivity index (χ2n) is 7.10. The molecule has 10 heteroatoms. The predicted octanol–water partition coefficient (Wildman–Crippen LogP) is 4.24. The summed E-state index contributed by atoms with van der Waals surface area (Å²) < 4.78 is 34.3. The molecule has 0 aliphatic rings. The molecule has 164 valence electrons. The fraction of sp³-hybridized carbons (Fsp3) is 0.238. The third kappa shape index (κ3) is 4.42. The van der Waals surface area contributed by atoms with Crippen molar-refractivity contribution in [3.63, 3.8) is 0 Å². The number of aldehydes is 1. The molecule has 1 heterocycles. The molecule has 0 saturated carbocycles. The molecule has 0 atom stereocenters. The zero-order chi connectivity index (χ0) is 22.9. The van der Waals surface area contributed by atoms with E-state index in [1.54, 1.807) is 38.1 Å². The summed E-state index contributed by atoms with van der Waals surface area (Å²) in [5.41, 5.74) is -0.160. The van der Waals surface area contributed by atoms with Crippen LogP contribution in [0.3, 0.4) is 0 Å². The molecule has 0 saturated heterocycles. The lowest BCUT2D eigenvalue weighted by Crippen LogP contribution is -2.27. The Balaban J connectivity index is 2.26. The summed E-state index contributed by atoms with van der Waals surface area (Å²) in [7, 11) is -2.75. The maximum atomic E-state index is 13.5. The van der Waals surface area contributed by atoms with E-state index in [0.29, 0.717) is 17.6 Å². The van der Waals surface area contributed by atoms with Gasteiger partial charge in [0.05, 0.1) is 18.6 Å². The van der Waals surface area contributed by atoms with Crippen molar-refractivity contribution in [1.82, 2.24) is 9.13 Å². The molecular weight excluding hydrogens is 463 g/mol. The molecule has 1 aromatic heterocycles. The van der Waals surface area contributed by atoms with E-state index in [0.717, 1.165) is 9.13 Å². The summed E-state index contributed by atoms with van der Waals surface area (Å²) in [6.45, 7) is 3.34. The number of methoxy groups -OCH3 is 1. The average molecular weight is 483 g/mol. The van der Waals surface area contributed by atoms with Gasteiger partial charge in [-0.3, -0.25) is 13.9 Å². The van der Waals surface area contributed by atoms with Crippen molar-refractivity contribution < 1.29 is 17.9 Å². The molecule has 7 nitrogen and oxygen atoms in total. The highest BCUT2D eigenvalue weighted by molar-refractivity contribution is 7.91. The summed E-state index contributed by atoms with van der Waals surface area (Å²) in [5.74, 6) is 0.632. The minimum Gasteiger partial charge on any atom is -0.497 e. The van der Waals surface area contributed by atoms with Gasteiger partial charge in [0.25, 0.3) is 0 Å². The van der Waals surface area contributed by atoms with E-state index in [1.165, 1.54) is 25.3 Å². The second kappa shape index (κ2) is 8.90. The van der Waals surface area contributed by atoms with Gasteiger partial charge in [-0.25, -0.2) is 13.2 Å². The van der Waals surface area contributed by atoms with Crippen molar-refractivity contribution in [3.8, 4) is 5.75 Å². The lowest BCUT2D eigenvalue weighted by atomic mass is 10.2. The van der Waals surface area contributed by atoms with Crippen LogP contribution in [0.1, 0.15) is 35.9 Å². The normalized spacial score (nSPS) is 11.7. The van der Waals surface area contributed by atoms with Crippen LogP contribution >= 0.6 is 23.2 Å². The highest BCUT2D eigenvalue weighted by Gasteiger charge is 2.32. The van der Waals surface area contributed by atoms with Crippen molar-refractivity contribution in [3.05, 3.63) is 74.3 Å². The van der Waals surface area contributed by atoms with Crippen molar-refractivity contribution in [2.24, 2.45) is 0 Å². The van der Waals surface area contributed by atoms with Gasteiger partial charge in [-0.1, -0.05) is 35.3 Å². The van der Waals surface area contributed by atoms with Gasteiger partial charge in [-0.2, -0.15) is 0 Å². The first-order chi connectivity index (χ1) is 14.6. The van der Waals surface area contributed by atoms with Crippen LogP contribution in [0.15, 0.2) is 57.2 Å². The third-order valence-electron chi connectivity index (χ3n) is 4.69. The van der Waals surface area contributed by atoms with Crippen LogP contribution in [0.4, 0.5) is 0 Å². The Morgan fingerprint density at radius 2 is 1.65 bits per heavy atom. The molecule has 0 radical (unpaired) electrons. The lowest BCUT2D eigenvalue weighted by molar-refractivity contribution is 0.111. The standard InChI is InChI=1S/C21H20Cl2N2O5S/c1-13(2)25-20(31(28,29)18-9-15(22)8-16(23)10-18)19(12-26)24(21(25)27)11-14-4-6-17(30-3)7-5-14/h4-10,12-13H,11H2,1-3H3. The Morgan fingerprint density at radius 1 is 1.06 bits per heavy atom. The number of ether oxygens (including phenoxy) is 1. The summed E-state index contributed by atoms with van der Waals surface area (Å²) in [6.07, 6.45) is 0.378. The molecule has 0 aliphatic carbocycles. The minimum atomic E-state index is -4.29. The van der Waals surface area contributed by atoms with Crippen LogP contribution in [-0.2, 0) is 16.4 Å². The van der Waals surface area contributed by atoms with Crippen molar-refractivity contribution in [1.29, 1.82) is 0 Å². The zero-order valence-electron chi connectivity index (χ0n) is 17.0. The zero-order valence-corrected chi connectivity index (χ0v) is 19.3. The molecule has 0 aliphatic heterocycles. The quantitative estimate of drug-likeness (QED) is 0.470. The van der Waals surface area contributed by atoms with E-state index in [-0.39, 0.29) is 27.2 Å². The van der Waals surface area contributed by atoms with E-state index in [4.69, 9.17) is 27.9 Å². The monoisotopic (exact) mass is 482 g/mol. The Morgan fingerprint density at radius 3 is 2.13 bits per heavy atom. The molecule has 0 unspecified atom stereocenters. The number of rotatable bonds is 7. The summed E-state index contributed by atoms with van der Waals surface area (Å²) in [5, 5.41) is -0.154. The second-order valence-corrected chi connectivity index (χ2v) is 9.84. The Labute approximate surface area is 189 Å². The number of carbonyl (C=O) groups excluding carboxylic acids is 1. The molecule has 31 heavy (non-hydrogen) atoms. The smallest absolute Gasteiger partial charge is 0.330 e. The van der Waals surface area contributed by atoms with Crippen LogP contribution < -0.4 is 10.4 Å². The molecular formula is C21H20Cl2N2O5S. The molecule has 0 N–H and O–H groups in total. The van der Waals surface area contributed by atoms with Crippen molar-refractivity contribution in [2.45, 2.75) is 36.4 Å². The van der Waals surface area contributed by atoms with E-state index >= 15 is 0 Å². The first-order valence-corrected chi connectivity index (χ1v) is 11.5. The van der Waals surface area contributed by atoms with Crippen molar-refractivity contribution >= 4 is 39.3 Å². The van der Waals surface area contributed by atoms with Crippen LogP contribution in [0.2, 0.25) is 10.0 Å². The van der Waals surface area contributed by atoms with Gasteiger partial charge in [-0.15, -0.1) is 0 Å². The van der Waals surface area contributed by atoms with Gasteiger partial charge in [-0.05, 0) is 49.7 Å². The number of sulfone groups is 1. The molecule has 0 fully saturated rings. The highest BCUT2D eigenvalue weighted by atomic mass is 35.5. The number of hydrogen-bond acceptors (Lipinski definition) is 5. The Kier molecular flexibility index (Phi) is 6.64. The van der Waals surface area contributed by atoms with Gasteiger partial charge < -0.3 is 4.74 Å². The van der Waals surface area contributed by atoms with E-state index in [9.17, 15) is 18.0 Å². The van der Waals surface area contributed by atoms with Crippen LogP contribution in [0, 0.1) is 0 Å². The first kappa shape index (κ1) is 23.1. The van der Waals surface area contributed by atoms with Crippen molar-refractivity contribution in [2.75, 3.05) is 7.11 Å². The van der Waals surface area contributed by atoms with Crippen LogP contribution in [0.5, 0.6) is 5.75 Å². The van der Waals surface area contributed by atoms with E-state index in [1.807, 2.05) is 0 Å². The van der Waals surface area contributed by atoms with Gasteiger partial charge in [0.2, 0.25) is 9.84 Å². The number of imidazole rings is 1. The Hall–Kier alpha value is -2.55. The molecule has 0 spiro atoms. The fourth-order valence-electron chi connectivity index (χ4n) is 3.26. The summed E-state index contributed by atoms with van der Waals surface area (Å²) in [4.78, 5) is 25.0. The average Bonchev–Trinajstić information content (AvgIpc) is 3.00. The number of nitrogens with zero attached hydrogens (tertiary/aromatic N) is 2. The maximum Gasteiger partial charge on any atom is 0.330 e. The molecule has 0 amide bonds. The van der Waals surface area contributed by atoms with E-state index in [2.05, 4.69) is 0 Å². The number of carbonyl (C=O) groups is 1. The summed E-state index contributed by atoms with van der Waals surface area (Å²) in [6, 6.07) is 10.2. The largest absolute Gasteiger partial charge is 0.497 e. The molecule has 3 aromatic rings. The minimum absolute atomic E-state index is 0.00937. The van der Waals surface area contributed by atoms with Gasteiger partial charge in [0.1, 0.15) is 11.4 Å². The number of benzene rings is 2. The third-order valence-corrected chi connectivity index (χ3v) is 6.90. The number of halogens is 2. The highest BCUT2D eigenvalue weighted by Crippen LogP contribution is 2.30. The predicted molar refractivity (Wildman–Crippen MR) is 118 cm³/mol. The lowest BCUT2D eigenvalue weighted by Gasteiger charge is -2.12. The van der Waals surface area contributed by atoms with Gasteiger partial charge in [0.15, 0.2) is 11.3 Å². The molecule has 2 aromatic carbocycles. The van der Waals surface area contributed by atoms with Crippen LogP contribution in [-0.4, -0.2) is 30.9 Å². The molecule has 0 bridgehead atoms. The first-order valence-electron chi connectivity index (χ1n) is 9.24. The SMILES string of the molecule is COc1ccc(Cn2c(C=O)c(S(=O)(=O)c3cc(Cl)cc(Cl)c3)n(C(C)C)c2=O)cc1.